The van der Waals surface area contributed by atoms with Gasteiger partial charge in [-0.1, -0.05) is 120 Å². The molecule has 0 aliphatic rings. The molecule has 0 bridgehead atoms. The number of aryl methyl sites for hydroxylation is 1. The lowest BCUT2D eigenvalue weighted by atomic mass is 10.0. The maximum absolute atomic E-state index is 12.8. The molecule has 0 fully saturated rings. The van der Waals surface area contributed by atoms with Crippen LogP contribution < -0.4 is 4.74 Å². The first-order valence-electron chi connectivity index (χ1n) is 15.7. The molecule has 2 aromatic carbocycles. The summed E-state index contributed by atoms with van der Waals surface area (Å²) in [6.07, 6.45) is 16.1. The third-order valence-corrected chi connectivity index (χ3v) is 7.56. The number of carbonyl (C=O) groups is 1. The molecule has 0 saturated carbocycles. The molecule has 39 heavy (non-hydrogen) atoms. The molecule has 0 saturated heterocycles. The van der Waals surface area contributed by atoms with Gasteiger partial charge in [-0.2, -0.15) is 0 Å². The van der Waals surface area contributed by atoms with Crippen LogP contribution in [0.2, 0.25) is 0 Å². The van der Waals surface area contributed by atoms with E-state index >= 15 is 0 Å². The predicted octanol–water partition coefficient (Wildman–Crippen LogP) is 8.76. The van der Waals surface area contributed by atoms with Crippen molar-refractivity contribution in [2.24, 2.45) is 5.92 Å². The summed E-state index contributed by atoms with van der Waals surface area (Å²) >= 11 is 0. The Kier molecular flexibility index (Phi) is 16.6. The van der Waals surface area contributed by atoms with Gasteiger partial charge in [-0.25, -0.2) is 0 Å². The number of para-hydroxylation sites is 1. The highest BCUT2D eigenvalue weighted by molar-refractivity contribution is 5.72. The van der Waals surface area contributed by atoms with Gasteiger partial charge in [0, 0.05) is 12.0 Å². The van der Waals surface area contributed by atoms with Crippen molar-refractivity contribution in [3.8, 4) is 5.75 Å². The Hall–Kier alpha value is -2.33. The Morgan fingerprint density at radius 3 is 2.03 bits per heavy atom. The summed E-state index contributed by atoms with van der Waals surface area (Å²) in [7, 11) is 4.37. The Morgan fingerprint density at radius 2 is 1.36 bits per heavy atom. The van der Waals surface area contributed by atoms with E-state index in [-0.39, 0.29) is 11.9 Å². The second kappa shape index (κ2) is 19.7. The van der Waals surface area contributed by atoms with Crippen LogP contribution in [0, 0.1) is 5.92 Å². The minimum absolute atomic E-state index is 0.0851. The minimum Gasteiger partial charge on any atom is -0.493 e. The molecule has 0 N–H and O–H groups in total. The van der Waals surface area contributed by atoms with Gasteiger partial charge in [0.15, 0.2) is 0 Å². The van der Waals surface area contributed by atoms with Gasteiger partial charge >= 0.3 is 5.97 Å². The maximum Gasteiger partial charge on any atom is 0.314 e. The fourth-order valence-corrected chi connectivity index (χ4v) is 5.29. The van der Waals surface area contributed by atoms with E-state index in [4.69, 9.17) is 9.47 Å². The van der Waals surface area contributed by atoms with Crippen molar-refractivity contribution in [3.05, 3.63) is 65.7 Å². The van der Waals surface area contributed by atoms with Crippen LogP contribution in [-0.4, -0.2) is 44.3 Å². The predicted molar refractivity (Wildman–Crippen MR) is 164 cm³/mol. The van der Waals surface area contributed by atoms with E-state index in [1.165, 1.54) is 75.3 Å². The van der Waals surface area contributed by atoms with Gasteiger partial charge in [-0.05, 0) is 30.9 Å². The summed E-state index contributed by atoms with van der Waals surface area (Å²) < 4.78 is 12.5. The van der Waals surface area contributed by atoms with Crippen LogP contribution in [0.3, 0.4) is 0 Å². The summed E-state index contributed by atoms with van der Waals surface area (Å²) in [6.45, 7) is 6.99. The zero-order chi connectivity index (χ0) is 28.2. The first-order valence-corrected chi connectivity index (χ1v) is 15.7. The number of ether oxygens (including phenoxy) is 2. The molecule has 0 radical (unpaired) electrons. The minimum atomic E-state index is -0.0913. The second-order valence-electron chi connectivity index (χ2n) is 11.8. The monoisotopic (exact) mass is 538 g/mol. The van der Waals surface area contributed by atoms with Gasteiger partial charge < -0.3 is 14.0 Å². The molecule has 0 aliphatic carbocycles. The summed E-state index contributed by atoms with van der Waals surface area (Å²) in [5, 5.41) is 0. The SMILES string of the molecule is CCCCCCCCCCCCc1ccccc1OCCCOC(=O)C(CC)C[N+](C)(C)Cc1ccccc1. The largest absolute Gasteiger partial charge is 0.493 e. The van der Waals surface area contributed by atoms with Crippen molar-refractivity contribution in [3.63, 3.8) is 0 Å². The Balaban J connectivity index is 1.62. The van der Waals surface area contributed by atoms with Gasteiger partial charge in [0.2, 0.25) is 0 Å². The molecule has 2 rings (SSSR count). The Morgan fingerprint density at radius 1 is 0.744 bits per heavy atom. The van der Waals surface area contributed by atoms with Crippen LogP contribution in [0.5, 0.6) is 5.75 Å². The Labute approximate surface area is 239 Å². The number of unbranched alkanes of at least 4 members (excludes halogenated alkanes) is 9. The molecule has 0 aromatic heterocycles. The lowest BCUT2D eigenvalue weighted by molar-refractivity contribution is -0.906. The Bertz CT molecular complexity index is 896. The van der Waals surface area contributed by atoms with E-state index < -0.39 is 0 Å². The number of carbonyl (C=O) groups excluding carboxylic acids is 1. The number of hydrogen-bond donors (Lipinski definition) is 0. The molecule has 0 spiro atoms. The summed E-state index contributed by atoms with van der Waals surface area (Å²) in [5.41, 5.74) is 2.58. The van der Waals surface area contributed by atoms with Crippen molar-refractivity contribution in [1.29, 1.82) is 0 Å². The van der Waals surface area contributed by atoms with E-state index in [0.29, 0.717) is 19.6 Å². The van der Waals surface area contributed by atoms with Gasteiger partial charge in [0.1, 0.15) is 18.2 Å². The molecule has 1 unspecified atom stereocenters. The molecule has 0 aliphatic heterocycles. The van der Waals surface area contributed by atoms with Crippen LogP contribution in [0.4, 0.5) is 0 Å². The zero-order valence-corrected chi connectivity index (χ0v) is 25.5. The van der Waals surface area contributed by atoms with Crippen molar-refractivity contribution < 1.29 is 18.8 Å². The second-order valence-corrected chi connectivity index (χ2v) is 11.8. The zero-order valence-electron chi connectivity index (χ0n) is 25.5. The topological polar surface area (TPSA) is 35.5 Å². The van der Waals surface area contributed by atoms with Crippen molar-refractivity contribution in [2.75, 3.05) is 33.9 Å². The third kappa shape index (κ3) is 14.6. The highest BCUT2D eigenvalue weighted by Gasteiger charge is 2.27. The fraction of sp³-hybridized carbons (Fsp3) is 0.629. The number of hydrogen-bond acceptors (Lipinski definition) is 3. The molecule has 1 atom stereocenters. The molecule has 4 heteroatoms. The lowest BCUT2D eigenvalue weighted by Crippen LogP contribution is -2.44. The summed E-state index contributed by atoms with van der Waals surface area (Å²) in [6, 6.07) is 18.9. The van der Waals surface area contributed by atoms with E-state index in [1.54, 1.807) is 0 Å². The van der Waals surface area contributed by atoms with Crippen LogP contribution in [0.15, 0.2) is 54.6 Å². The van der Waals surface area contributed by atoms with Crippen LogP contribution >= 0.6 is 0 Å². The highest BCUT2D eigenvalue weighted by atomic mass is 16.5. The first kappa shape index (κ1) is 32.9. The van der Waals surface area contributed by atoms with Crippen molar-refractivity contribution in [2.45, 2.75) is 104 Å². The molecule has 0 amide bonds. The third-order valence-electron chi connectivity index (χ3n) is 7.56. The van der Waals surface area contributed by atoms with Crippen molar-refractivity contribution in [1.82, 2.24) is 0 Å². The molecular formula is C35H56NO3+. The standard InChI is InChI=1S/C35H56NO3/c1-5-7-8-9-10-11-12-13-14-18-24-33-25-19-20-26-34(33)38-27-21-28-39-35(37)32(6-2)30-36(3,4)29-31-22-16-15-17-23-31/h15-17,19-20,22-23,25-26,32H,5-14,18,21,24,27-30H2,1-4H3/q+1. The van der Waals surface area contributed by atoms with Gasteiger partial charge in [0.25, 0.3) is 0 Å². The van der Waals surface area contributed by atoms with E-state index in [9.17, 15) is 4.79 Å². The number of benzene rings is 2. The molecule has 0 heterocycles. The first-order chi connectivity index (χ1) is 18.9. The van der Waals surface area contributed by atoms with Crippen molar-refractivity contribution >= 4 is 5.97 Å². The van der Waals surface area contributed by atoms with E-state index in [1.807, 2.05) is 12.1 Å². The van der Waals surface area contributed by atoms with Crippen LogP contribution in [0.25, 0.3) is 0 Å². The number of esters is 1. The molecule has 218 valence electrons. The molecule has 2 aromatic rings. The average molecular weight is 539 g/mol. The lowest BCUT2D eigenvalue weighted by Gasteiger charge is -2.32. The van der Waals surface area contributed by atoms with Crippen LogP contribution in [-0.2, 0) is 22.5 Å². The van der Waals surface area contributed by atoms with Gasteiger partial charge in [0.05, 0.1) is 33.9 Å². The van der Waals surface area contributed by atoms with E-state index in [2.05, 4.69) is 70.4 Å². The van der Waals surface area contributed by atoms with Gasteiger partial charge in [-0.3, -0.25) is 4.79 Å². The summed E-state index contributed by atoms with van der Waals surface area (Å²) in [4.78, 5) is 12.8. The van der Waals surface area contributed by atoms with E-state index in [0.717, 1.165) is 36.2 Å². The number of rotatable bonds is 22. The molecule has 4 nitrogen and oxygen atoms in total. The van der Waals surface area contributed by atoms with Crippen LogP contribution in [0.1, 0.15) is 102 Å². The normalized spacial score (nSPS) is 12.3. The van der Waals surface area contributed by atoms with Gasteiger partial charge in [-0.15, -0.1) is 0 Å². The fourth-order valence-electron chi connectivity index (χ4n) is 5.29. The summed E-state index contributed by atoms with van der Waals surface area (Å²) in [5.74, 6) is 0.802. The average Bonchev–Trinajstić information content (AvgIpc) is 2.93. The number of nitrogens with zero attached hydrogens (tertiary/aromatic N) is 1. The smallest absolute Gasteiger partial charge is 0.314 e. The molecular weight excluding hydrogens is 482 g/mol. The number of quaternary nitrogens is 1. The highest BCUT2D eigenvalue weighted by Crippen LogP contribution is 2.22. The maximum atomic E-state index is 12.8. The quantitative estimate of drug-likeness (QED) is 0.0854.